The standard InChI is InChI=1S/C19H26N4O2/c1-14-6-8-18(9-7-14)25-12-10-19(24)22-11-4-5-17(13-22)23-16(3)20-15(2)21-23/h6-9,17H,4-5,10-13H2,1-3H3. The highest BCUT2D eigenvalue weighted by molar-refractivity contribution is 5.76. The lowest BCUT2D eigenvalue weighted by Gasteiger charge is -2.33. The van der Waals surface area contributed by atoms with Crippen molar-refractivity contribution in [2.45, 2.75) is 46.1 Å². The smallest absolute Gasteiger partial charge is 0.226 e. The van der Waals surface area contributed by atoms with Gasteiger partial charge in [0.2, 0.25) is 5.91 Å². The summed E-state index contributed by atoms with van der Waals surface area (Å²) >= 11 is 0. The zero-order valence-corrected chi connectivity index (χ0v) is 15.2. The molecule has 134 valence electrons. The van der Waals surface area contributed by atoms with Crippen LogP contribution in [0.4, 0.5) is 0 Å². The highest BCUT2D eigenvalue weighted by atomic mass is 16.5. The van der Waals surface area contributed by atoms with Gasteiger partial charge in [-0.3, -0.25) is 4.79 Å². The first-order valence-electron chi connectivity index (χ1n) is 8.90. The minimum atomic E-state index is 0.145. The molecule has 0 N–H and O–H groups in total. The number of piperidine rings is 1. The van der Waals surface area contributed by atoms with Crippen LogP contribution < -0.4 is 4.74 Å². The molecule has 0 aliphatic carbocycles. The number of nitrogens with zero attached hydrogens (tertiary/aromatic N) is 4. The number of carbonyl (C=O) groups excluding carboxylic acids is 1. The average Bonchev–Trinajstić information content (AvgIpc) is 2.95. The number of likely N-dealkylation sites (tertiary alicyclic amines) is 1. The second kappa shape index (κ2) is 7.68. The third-order valence-corrected chi connectivity index (χ3v) is 4.61. The maximum Gasteiger partial charge on any atom is 0.226 e. The summed E-state index contributed by atoms with van der Waals surface area (Å²) in [4.78, 5) is 18.8. The lowest BCUT2D eigenvalue weighted by Crippen LogP contribution is -2.41. The third-order valence-electron chi connectivity index (χ3n) is 4.61. The number of ether oxygens (including phenoxy) is 1. The molecule has 25 heavy (non-hydrogen) atoms. The van der Waals surface area contributed by atoms with Gasteiger partial charge in [-0.15, -0.1) is 0 Å². The Morgan fingerprint density at radius 1 is 1.24 bits per heavy atom. The fourth-order valence-electron chi connectivity index (χ4n) is 3.31. The SMILES string of the molecule is Cc1ccc(OCCC(=O)N2CCCC(n3nc(C)nc3C)C2)cc1. The minimum Gasteiger partial charge on any atom is -0.493 e. The molecule has 1 aromatic heterocycles. The normalized spacial score (nSPS) is 17.6. The summed E-state index contributed by atoms with van der Waals surface area (Å²) in [6.45, 7) is 7.83. The van der Waals surface area contributed by atoms with E-state index in [1.165, 1.54) is 5.56 Å². The lowest BCUT2D eigenvalue weighted by atomic mass is 10.1. The van der Waals surface area contributed by atoms with Crippen LogP contribution in [0.1, 0.15) is 42.5 Å². The molecule has 1 saturated heterocycles. The highest BCUT2D eigenvalue weighted by Gasteiger charge is 2.26. The first kappa shape index (κ1) is 17.5. The van der Waals surface area contributed by atoms with Crippen LogP contribution in [0, 0.1) is 20.8 Å². The summed E-state index contributed by atoms with van der Waals surface area (Å²) in [7, 11) is 0. The van der Waals surface area contributed by atoms with Crippen LogP contribution in [0.5, 0.6) is 5.75 Å². The Kier molecular flexibility index (Phi) is 5.36. The summed E-state index contributed by atoms with van der Waals surface area (Å²) < 4.78 is 7.65. The van der Waals surface area contributed by atoms with Crippen LogP contribution in [0.15, 0.2) is 24.3 Å². The molecule has 6 nitrogen and oxygen atoms in total. The van der Waals surface area contributed by atoms with Gasteiger partial charge in [0.1, 0.15) is 17.4 Å². The van der Waals surface area contributed by atoms with Crippen LogP contribution >= 0.6 is 0 Å². The molecule has 1 fully saturated rings. The summed E-state index contributed by atoms with van der Waals surface area (Å²) in [6.07, 6.45) is 2.43. The molecule has 1 amide bonds. The number of benzene rings is 1. The fourth-order valence-corrected chi connectivity index (χ4v) is 3.31. The van der Waals surface area contributed by atoms with Crippen LogP contribution in [0.3, 0.4) is 0 Å². The van der Waals surface area contributed by atoms with Crippen molar-refractivity contribution in [3.63, 3.8) is 0 Å². The molecule has 0 bridgehead atoms. The predicted molar refractivity (Wildman–Crippen MR) is 95.6 cm³/mol. The number of amides is 1. The molecular weight excluding hydrogens is 316 g/mol. The maximum absolute atomic E-state index is 12.5. The summed E-state index contributed by atoms with van der Waals surface area (Å²) in [6, 6.07) is 8.11. The minimum absolute atomic E-state index is 0.145. The zero-order valence-electron chi connectivity index (χ0n) is 15.2. The monoisotopic (exact) mass is 342 g/mol. The highest BCUT2D eigenvalue weighted by Crippen LogP contribution is 2.22. The third kappa shape index (κ3) is 4.38. The van der Waals surface area contributed by atoms with E-state index >= 15 is 0 Å². The van der Waals surface area contributed by atoms with E-state index in [9.17, 15) is 4.79 Å². The molecule has 1 aromatic carbocycles. The van der Waals surface area contributed by atoms with Gasteiger partial charge in [0.25, 0.3) is 0 Å². The second-order valence-electron chi connectivity index (χ2n) is 6.70. The van der Waals surface area contributed by atoms with Crippen molar-refractivity contribution in [3.05, 3.63) is 41.5 Å². The van der Waals surface area contributed by atoms with Crippen LogP contribution in [-0.4, -0.2) is 45.3 Å². The quantitative estimate of drug-likeness (QED) is 0.838. The predicted octanol–water partition coefficient (Wildman–Crippen LogP) is 2.84. The van der Waals surface area contributed by atoms with Crippen molar-refractivity contribution < 1.29 is 9.53 Å². The van der Waals surface area contributed by atoms with E-state index in [4.69, 9.17) is 4.74 Å². The maximum atomic E-state index is 12.5. The van der Waals surface area contributed by atoms with E-state index in [0.717, 1.165) is 36.8 Å². The van der Waals surface area contributed by atoms with Crippen molar-refractivity contribution >= 4 is 5.91 Å². The molecule has 2 aromatic rings. The van der Waals surface area contributed by atoms with E-state index in [-0.39, 0.29) is 11.9 Å². The van der Waals surface area contributed by atoms with Gasteiger partial charge in [0, 0.05) is 13.1 Å². The van der Waals surface area contributed by atoms with Crippen LogP contribution in [0.25, 0.3) is 0 Å². The molecule has 1 unspecified atom stereocenters. The molecule has 1 atom stereocenters. The van der Waals surface area contributed by atoms with Crippen molar-refractivity contribution in [1.82, 2.24) is 19.7 Å². The molecule has 0 radical (unpaired) electrons. The van der Waals surface area contributed by atoms with Gasteiger partial charge in [-0.2, -0.15) is 5.10 Å². The largest absolute Gasteiger partial charge is 0.493 e. The Morgan fingerprint density at radius 2 is 2.00 bits per heavy atom. The molecule has 1 aliphatic rings. The first-order valence-corrected chi connectivity index (χ1v) is 8.90. The van der Waals surface area contributed by atoms with E-state index in [0.29, 0.717) is 19.6 Å². The summed E-state index contributed by atoms with van der Waals surface area (Å²) in [5, 5.41) is 4.48. The molecular formula is C19H26N4O2. The average molecular weight is 342 g/mol. The number of rotatable bonds is 5. The molecule has 1 aliphatic heterocycles. The fraction of sp³-hybridized carbons (Fsp3) is 0.526. The molecule has 3 rings (SSSR count). The van der Waals surface area contributed by atoms with E-state index in [1.807, 2.05) is 54.6 Å². The van der Waals surface area contributed by atoms with Gasteiger partial charge < -0.3 is 9.64 Å². The van der Waals surface area contributed by atoms with Crippen LogP contribution in [-0.2, 0) is 4.79 Å². The first-order chi connectivity index (χ1) is 12.0. The molecule has 2 heterocycles. The number of hydrogen-bond acceptors (Lipinski definition) is 4. The van der Waals surface area contributed by atoms with Gasteiger partial charge in [0.05, 0.1) is 19.1 Å². The zero-order chi connectivity index (χ0) is 17.8. The van der Waals surface area contributed by atoms with Gasteiger partial charge >= 0.3 is 0 Å². The number of carbonyl (C=O) groups is 1. The Balaban J connectivity index is 1.51. The van der Waals surface area contributed by atoms with E-state index in [2.05, 4.69) is 10.1 Å². The number of aryl methyl sites for hydroxylation is 3. The van der Waals surface area contributed by atoms with Crippen molar-refractivity contribution in [3.8, 4) is 5.75 Å². The van der Waals surface area contributed by atoms with Crippen molar-refractivity contribution in [2.24, 2.45) is 0 Å². The summed E-state index contributed by atoms with van der Waals surface area (Å²) in [5.74, 6) is 2.65. The lowest BCUT2D eigenvalue weighted by molar-refractivity contribution is -0.133. The van der Waals surface area contributed by atoms with Crippen molar-refractivity contribution in [1.29, 1.82) is 0 Å². The van der Waals surface area contributed by atoms with Gasteiger partial charge in [-0.25, -0.2) is 9.67 Å². The summed E-state index contributed by atoms with van der Waals surface area (Å²) in [5.41, 5.74) is 1.20. The molecule has 0 saturated carbocycles. The van der Waals surface area contributed by atoms with Gasteiger partial charge in [-0.1, -0.05) is 17.7 Å². The van der Waals surface area contributed by atoms with Crippen LogP contribution in [0.2, 0.25) is 0 Å². The molecule has 0 spiro atoms. The van der Waals surface area contributed by atoms with Gasteiger partial charge in [0.15, 0.2) is 0 Å². The number of hydrogen-bond donors (Lipinski definition) is 0. The Hall–Kier alpha value is -2.37. The van der Waals surface area contributed by atoms with E-state index in [1.54, 1.807) is 0 Å². The topological polar surface area (TPSA) is 60.2 Å². The molecule has 6 heteroatoms. The number of aromatic nitrogens is 3. The van der Waals surface area contributed by atoms with Gasteiger partial charge in [-0.05, 0) is 45.7 Å². The van der Waals surface area contributed by atoms with E-state index < -0.39 is 0 Å². The Bertz CT molecular complexity index is 724. The second-order valence-corrected chi connectivity index (χ2v) is 6.70. The Morgan fingerprint density at radius 3 is 2.68 bits per heavy atom. The van der Waals surface area contributed by atoms with Crippen molar-refractivity contribution in [2.75, 3.05) is 19.7 Å². The Labute approximate surface area is 148 Å².